The van der Waals surface area contributed by atoms with Gasteiger partial charge in [-0.3, -0.25) is 9.69 Å². The highest BCUT2D eigenvalue weighted by molar-refractivity contribution is 5.93. The summed E-state index contributed by atoms with van der Waals surface area (Å²) in [6.07, 6.45) is 3.46. The molecule has 3 aliphatic heterocycles. The molecule has 0 aliphatic carbocycles. The van der Waals surface area contributed by atoms with E-state index in [0.717, 1.165) is 51.5 Å². The normalized spacial score (nSPS) is 22.7. The van der Waals surface area contributed by atoms with E-state index in [4.69, 9.17) is 4.74 Å². The Kier molecular flexibility index (Phi) is 5.12. The molecule has 3 aliphatic rings. The average molecular weight is 411 g/mol. The Morgan fingerprint density at radius 2 is 1.87 bits per heavy atom. The van der Waals surface area contributed by atoms with Gasteiger partial charge in [0.15, 0.2) is 0 Å². The summed E-state index contributed by atoms with van der Waals surface area (Å²) in [5.41, 5.74) is 6.68. The molecule has 1 atom stereocenters. The van der Waals surface area contributed by atoms with Crippen LogP contribution in [0.5, 0.6) is 0 Å². The molecular weight excluding hydrogens is 380 g/mol. The van der Waals surface area contributed by atoms with E-state index >= 15 is 0 Å². The summed E-state index contributed by atoms with van der Waals surface area (Å²) >= 11 is 0. The Balaban J connectivity index is 1.20. The summed E-state index contributed by atoms with van der Waals surface area (Å²) in [4.78, 5) is 21.7. The average Bonchev–Trinajstić information content (AvgIpc) is 3.16. The number of aromatic nitrogens is 2. The minimum absolute atomic E-state index is 0.0547. The number of nitrogens with zero attached hydrogens (tertiary/aromatic N) is 4. The molecule has 2 saturated heterocycles. The lowest BCUT2D eigenvalue weighted by molar-refractivity contribution is 0.0811. The van der Waals surface area contributed by atoms with Crippen LogP contribution in [0, 0.1) is 0 Å². The maximum atomic E-state index is 12.6. The largest absolute Gasteiger partial charge is 0.381 e. The van der Waals surface area contributed by atoms with Crippen molar-refractivity contribution in [2.24, 2.45) is 0 Å². The van der Waals surface area contributed by atoms with E-state index in [-0.39, 0.29) is 12.1 Å². The summed E-state index contributed by atoms with van der Waals surface area (Å²) in [5.74, 6) is 1.80. The third-order valence-corrected chi connectivity index (χ3v) is 6.48. The summed E-state index contributed by atoms with van der Waals surface area (Å²) < 4.78 is 7.39. The first kappa shape index (κ1) is 19.4. The zero-order valence-electron chi connectivity index (χ0n) is 17.7. The number of rotatable bonds is 5. The van der Waals surface area contributed by atoms with Gasteiger partial charge in [0, 0.05) is 64.5 Å². The summed E-state index contributed by atoms with van der Waals surface area (Å²) in [6, 6.07) is 8.82. The fraction of sp³-hybridized carbons (Fsp3) is 0.545. The summed E-state index contributed by atoms with van der Waals surface area (Å²) in [7, 11) is 4.12. The highest BCUT2D eigenvalue weighted by Crippen LogP contribution is 2.29. The monoisotopic (exact) mass is 410 g/mol. The third kappa shape index (κ3) is 3.65. The molecule has 2 N–H and O–H groups in total. The van der Waals surface area contributed by atoms with Crippen molar-refractivity contribution < 1.29 is 9.53 Å². The Morgan fingerprint density at radius 1 is 1.13 bits per heavy atom. The predicted molar refractivity (Wildman–Crippen MR) is 116 cm³/mol. The molecule has 1 aromatic carbocycles. The van der Waals surface area contributed by atoms with Crippen molar-refractivity contribution in [3.05, 3.63) is 47.5 Å². The van der Waals surface area contributed by atoms with Gasteiger partial charge in [0.25, 0.3) is 5.91 Å². The molecule has 0 radical (unpaired) electrons. The van der Waals surface area contributed by atoms with Crippen molar-refractivity contribution in [3.8, 4) is 0 Å². The molecule has 0 saturated carbocycles. The number of hydrogen-bond donors (Lipinski definition) is 2. The lowest BCUT2D eigenvalue weighted by atomic mass is 9.91. The number of anilines is 1. The molecule has 2 fully saturated rings. The van der Waals surface area contributed by atoms with Crippen molar-refractivity contribution in [1.82, 2.24) is 19.9 Å². The number of carbonyl (C=O) groups is 1. The second-order valence-corrected chi connectivity index (χ2v) is 8.78. The maximum absolute atomic E-state index is 12.6. The minimum Gasteiger partial charge on any atom is -0.381 e. The highest BCUT2D eigenvalue weighted by Gasteiger charge is 2.34. The van der Waals surface area contributed by atoms with Crippen LogP contribution >= 0.6 is 0 Å². The van der Waals surface area contributed by atoms with Gasteiger partial charge in [0.2, 0.25) is 0 Å². The van der Waals surface area contributed by atoms with Crippen LogP contribution in [0.2, 0.25) is 0 Å². The molecule has 1 amide bonds. The lowest BCUT2D eigenvalue weighted by Crippen LogP contribution is -2.59. The molecular formula is C22H30N6O2. The Hall–Kier alpha value is -2.58. The molecule has 0 bridgehead atoms. The quantitative estimate of drug-likeness (QED) is 0.779. The van der Waals surface area contributed by atoms with Gasteiger partial charge in [-0.05, 0) is 30.5 Å². The van der Waals surface area contributed by atoms with Gasteiger partial charge >= 0.3 is 0 Å². The summed E-state index contributed by atoms with van der Waals surface area (Å²) in [5, 5.41) is 3.08. The molecule has 0 spiro atoms. The zero-order chi connectivity index (χ0) is 20.7. The smallest absolute Gasteiger partial charge is 0.273 e. The number of amides is 1. The molecule has 4 heterocycles. The molecule has 8 heteroatoms. The van der Waals surface area contributed by atoms with Crippen molar-refractivity contribution in [1.29, 1.82) is 0 Å². The van der Waals surface area contributed by atoms with Gasteiger partial charge in [-0.2, -0.15) is 0 Å². The molecule has 2 aromatic rings. The topological polar surface area (TPSA) is 74.7 Å². The molecule has 30 heavy (non-hydrogen) atoms. The van der Waals surface area contributed by atoms with E-state index in [0.29, 0.717) is 17.5 Å². The van der Waals surface area contributed by atoms with Crippen molar-refractivity contribution in [3.63, 3.8) is 0 Å². The Morgan fingerprint density at radius 3 is 2.57 bits per heavy atom. The molecule has 160 valence electrons. The van der Waals surface area contributed by atoms with E-state index in [1.807, 2.05) is 4.68 Å². The standard InChI is InChI=1S/C22H30N6O2/c1-26(2)18-5-3-15(4-6-18)17-12-27(13-17)14-20-24-22(29)19-11-23-21(28(19)25-20)16-7-9-30-10-8-16/h3-6,11,16-17,20,25H,7-10,12-14H2,1-2H3,(H,24,29). The molecule has 1 unspecified atom stereocenters. The van der Waals surface area contributed by atoms with Crippen molar-refractivity contribution in [2.75, 3.05) is 57.3 Å². The third-order valence-electron chi connectivity index (χ3n) is 6.48. The molecule has 5 rings (SSSR count). The van der Waals surface area contributed by atoms with Crippen molar-refractivity contribution >= 4 is 11.6 Å². The van der Waals surface area contributed by atoms with Gasteiger partial charge < -0.3 is 20.4 Å². The maximum Gasteiger partial charge on any atom is 0.273 e. The number of fused-ring (bicyclic) bond motifs is 1. The van der Waals surface area contributed by atoms with E-state index in [9.17, 15) is 4.79 Å². The number of nitrogens with one attached hydrogen (secondary N) is 2. The Bertz CT molecular complexity index is 897. The van der Waals surface area contributed by atoms with Crippen LogP contribution in [-0.4, -0.2) is 73.6 Å². The predicted octanol–water partition coefficient (Wildman–Crippen LogP) is 1.56. The molecule has 8 nitrogen and oxygen atoms in total. The van der Waals surface area contributed by atoms with Crippen LogP contribution in [0.25, 0.3) is 0 Å². The number of imidazole rings is 1. The number of ether oxygens (including phenoxy) is 1. The van der Waals surface area contributed by atoms with Crippen LogP contribution in [0.3, 0.4) is 0 Å². The number of carbonyl (C=O) groups excluding carboxylic acids is 1. The van der Waals surface area contributed by atoms with E-state index in [1.165, 1.54) is 11.3 Å². The second-order valence-electron chi connectivity index (χ2n) is 8.78. The van der Waals surface area contributed by atoms with Crippen LogP contribution in [0.4, 0.5) is 5.69 Å². The van der Waals surface area contributed by atoms with Crippen molar-refractivity contribution in [2.45, 2.75) is 30.8 Å². The van der Waals surface area contributed by atoms with Crippen LogP contribution in [0.15, 0.2) is 30.5 Å². The SMILES string of the molecule is CN(C)c1ccc(C2CN(CC3NC(=O)c4cnc(C5CCOCC5)n4N3)C2)cc1. The number of benzene rings is 1. The fourth-order valence-electron chi connectivity index (χ4n) is 4.65. The van der Waals surface area contributed by atoms with Gasteiger partial charge in [-0.1, -0.05) is 12.1 Å². The van der Waals surface area contributed by atoms with E-state index in [1.54, 1.807) is 6.20 Å². The highest BCUT2D eigenvalue weighted by atomic mass is 16.5. The molecule has 1 aromatic heterocycles. The van der Waals surface area contributed by atoms with Crippen LogP contribution in [0.1, 0.15) is 46.6 Å². The first-order chi connectivity index (χ1) is 14.6. The van der Waals surface area contributed by atoms with E-state index in [2.05, 4.69) is 63.9 Å². The van der Waals surface area contributed by atoms with Gasteiger partial charge in [-0.25, -0.2) is 9.66 Å². The van der Waals surface area contributed by atoms with Gasteiger partial charge in [0.05, 0.1) is 6.20 Å². The van der Waals surface area contributed by atoms with Crippen LogP contribution < -0.4 is 15.6 Å². The first-order valence-corrected chi connectivity index (χ1v) is 10.8. The number of likely N-dealkylation sites (tertiary alicyclic amines) is 1. The summed E-state index contributed by atoms with van der Waals surface area (Å²) in [6.45, 7) is 4.32. The van der Waals surface area contributed by atoms with Crippen LogP contribution in [-0.2, 0) is 4.74 Å². The first-order valence-electron chi connectivity index (χ1n) is 10.8. The van der Waals surface area contributed by atoms with E-state index < -0.39 is 0 Å². The Labute approximate surface area is 177 Å². The zero-order valence-corrected chi connectivity index (χ0v) is 17.7. The van der Waals surface area contributed by atoms with Gasteiger partial charge in [0.1, 0.15) is 17.7 Å². The van der Waals surface area contributed by atoms with Gasteiger partial charge in [-0.15, -0.1) is 0 Å². The minimum atomic E-state index is -0.116. The lowest BCUT2D eigenvalue weighted by Gasteiger charge is -2.42. The number of hydrogen-bond acceptors (Lipinski definition) is 6. The fourth-order valence-corrected chi connectivity index (χ4v) is 4.65. The second kappa shape index (κ2) is 7.92.